The van der Waals surface area contributed by atoms with Crippen LogP contribution in [-0.4, -0.2) is 52.1 Å². The number of nitrogens with one attached hydrogen (secondary N) is 1. The monoisotopic (exact) mass is 517 g/mol. The summed E-state index contributed by atoms with van der Waals surface area (Å²) in [4.78, 5) is 54.1. The number of fused-ring (bicyclic) bond motifs is 1. The van der Waals surface area contributed by atoms with E-state index in [1.165, 1.54) is 9.80 Å². The number of hydrogen-bond donors (Lipinski definition) is 1. The number of hydrogen-bond acceptors (Lipinski definition) is 4. The Morgan fingerprint density at radius 3 is 2.17 bits per heavy atom. The van der Waals surface area contributed by atoms with Gasteiger partial charge in [0.05, 0.1) is 21.2 Å². The number of benzene rings is 2. The van der Waals surface area contributed by atoms with E-state index in [0.717, 1.165) is 5.56 Å². The second-order valence-corrected chi connectivity index (χ2v) is 9.58. The van der Waals surface area contributed by atoms with Crippen LogP contribution in [0.15, 0.2) is 42.5 Å². The summed E-state index contributed by atoms with van der Waals surface area (Å²) in [5.41, 5.74) is 1.49. The first-order valence-electron chi connectivity index (χ1n) is 11.6. The minimum absolute atomic E-state index is 0.0696. The fraction of sp³-hybridized carbons (Fsp3) is 0.385. The summed E-state index contributed by atoms with van der Waals surface area (Å²) < 4.78 is 0. The lowest BCUT2D eigenvalue weighted by Gasteiger charge is -2.31. The molecule has 1 N–H and O–H groups in total. The van der Waals surface area contributed by atoms with Crippen molar-refractivity contribution in [3.8, 4) is 0 Å². The van der Waals surface area contributed by atoms with Gasteiger partial charge in [0.1, 0.15) is 6.04 Å². The second-order valence-electron chi connectivity index (χ2n) is 8.77. The number of amides is 4. The third kappa shape index (κ3) is 6.21. The van der Waals surface area contributed by atoms with Gasteiger partial charge in [-0.2, -0.15) is 0 Å². The molecule has 0 radical (unpaired) electrons. The lowest BCUT2D eigenvalue weighted by atomic mass is 10.1. The number of carbonyl (C=O) groups excluding carboxylic acids is 4. The van der Waals surface area contributed by atoms with Gasteiger partial charge in [0.2, 0.25) is 11.8 Å². The molecule has 1 atom stereocenters. The zero-order valence-corrected chi connectivity index (χ0v) is 21.5. The van der Waals surface area contributed by atoms with Crippen LogP contribution in [0.2, 0.25) is 10.0 Å². The zero-order valence-electron chi connectivity index (χ0n) is 20.0. The van der Waals surface area contributed by atoms with Crippen LogP contribution in [0.1, 0.15) is 66.3 Å². The Balaban J connectivity index is 1.73. The van der Waals surface area contributed by atoms with Gasteiger partial charge < -0.3 is 10.2 Å². The summed E-state index contributed by atoms with van der Waals surface area (Å²) in [6.45, 7) is 5.86. The van der Waals surface area contributed by atoms with E-state index >= 15 is 0 Å². The van der Waals surface area contributed by atoms with Gasteiger partial charge in [-0.1, -0.05) is 48.3 Å². The zero-order chi connectivity index (χ0) is 25.7. The molecule has 7 nitrogen and oxygen atoms in total. The van der Waals surface area contributed by atoms with Crippen molar-refractivity contribution in [2.45, 2.75) is 58.7 Å². The van der Waals surface area contributed by atoms with Gasteiger partial charge in [-0.05, 0) is 56.5 Å². The molecule has 1 aliphatic heterocycles. The number of nitrogens with zero attached hydrogens (tertiary/aromatic N) is 2. The molecule has 0 bridgehead atoms. The van der Waals surface area contributed by atoms with Gasteiger partial charge in [0.25, 0.3) is 11.8 Å². The molecule has 4 amide bonds. The van der Waals surface area contributed by atoms with Crippen LogP contribution in [0.4, 0.5) is 0 Å². The lowest BCUT2D eigenvalue weighted by molar-refractivity contribution is -0.141. The molecule has 1 aliphatic rings. The molecule has 0 spiro atoms. The fourth-order valence-electron chi connectivity index (χ4n) is 4.11. The first-order chi connectivity index (χ1) is 16.6. The lowest BCUT2D eigenvalue weighted by Crippen LogP contribution is -2.50. The van der Waals surface area contributed by atoms with E-state index in [0.29, 0.717) is 27.6 Å². The van der Waals surface area contributed by atoms with Gasteiger partial charge in [-0.25, -0.2) is 0 Å². The van der Waals surface area contributed by atoms with Gasteiger partial charge in [0.15, 0.2) is 0 Å². The van der Waals surface area contributed by atoms with Crippen LogP contribution in [0.5, 0.6) is 0 Å². The van der Waals surface area contributed by atoms with Crippen LogP contribution in [0.25, 0.3) is 0 Å². The van der Waals surface area contributed by atoms with Crippen molar-refractivity contribution >= 4 is 46.8 Å². The van der Waals surface area contributed by atoms with Crippen molar-refractivity contribution in [1.82, 2.24) is 15.1 Å². The Morgan fingerprint density at radius 2 is 1.63 bits per heavy atom. The molecule has 0 saturated heterocycles. The average molecular weight is 518 g/mol. The third-order valence-electron chi connectivity index (χ3n) is 5.80. The number of rotatable bonds is 10. The van der Waals surface area contributed by atoms with Crippen LogP contribution in [0, 0.1) is 0 Å². The predicted octanol–water partition coefficient (Wildman–Crippen LogP) is 4.70. The summed E-state index contributed by atoms with van der Waals surface area (Å²) in [7, 11) is 0. The molecule has 1 heterocycles. The minimum Gasteiger partial charge on any atom is -0.352 e. The van der Waals surface area contributed by atoms with Gasteiger partial charge >= 0.3 is 0 Å². The first-order valence-corrected chi connectivity index (χ1v) is 12.4. The molecule has 0 fully saturated rings. The van der Waals surface area contributed by atoms with E-state index in [9.17, 15) is 19.2 Å². The molecule has 35 heavy (non-hydrogen) atoms. The Hall–Kier alpha value is -2.90. The molecule has 9 heteroatoms. The quantitative estimate of drug-likeness (QED) is 0.462. The van der Waals surface area contributed by atoms with E-state index in [1.807, 2.05) is 20.8 Å². The standard InChI is InChI=1S/C26H29Cl2N3O4/c1-4-22(24(33)29-16(2)3)31(15-17-11-12-20(27)21(28)14-17)23(32)10-7-13-30-25(34)18-8-5-6-9-19(18)26(30)35/h5-6,8-9,11-12,14,16,22H,4,7,10,13,15H2,1-3H3,(H,29,33)/t22-/m1/s1. The third-order valence-corrected chi connectivity index (χ3v) is 6.54. The fourth-order valence-corrected chi connectivity index (χ4v) is 4.43. The van der Waals surface area contributed by atoms with E-state index in [-0.39, 0.29) is 55.6 Å². The maximum atomic E-state index is 13.3. The second kappa shape index (κ2) is 11.7. The van der Waals surface area contributed by atoms with E-state index < -0.39 is 6.04 Å². The van der Waals surface area contributed by atoms with E-state index in [1.54, 1.807) is 42.5 Å². The molecule has 0 unspecified atom stereocenters. The number of carbonyl (C=O) groups is 4. The Bertz CT molecular complexity index is 1100. The van der Waals surface area contributed by atoms with Gasteiger partial charge in [-0.3, -0.25) is 24.1 Å². The van der Waals surface area contributed by atoms with Crippen molar-refractivity contribution in [2.75, 3.05) is 6.54 Å². The summed E-state index contributed by atoms with van der Waals surface area (Å²) in [5, 5.41) is 3.64. The Kier molecular flexibility index (Phi) is 8.92. The molecular formula is C26H29Cl2N3O4. The summed E-state index contributed by atoms with van der Waals surface area (Å²) >= 11 is 12.2. The summed E-state index contributed by atoms with van der Waals surface area (Å²) in [5.74, 6) is -1.20. The van der Waals surface area contributed by atoms with Crippen LogP contribution in [-0.2, 0) is 16.1 Å². The Morgan fingerprint density at radius 1 is 1.00 bits per heavy atom. The molecule has 0 saturated carbocycles. The van der Waals surface area contributed by atoms with E-state index in [2.05, 4.69) is 5.32 Å². The molecular weight excluding hydrogens is 489 g/mol. The summed E-state index contributed by atoms with van der Waals surface area (Å²) in [6, 6.07) is 11.0. The topological polar surface area (TPSA) is 86.8 Å². The largest absolute Gasteiger partial charge is 0.352 e. The summed E-state index contributed by atoms with van der Waals surface area (Å²) in [6.07, 6.45) is 0.772. The first kappa shape index (κ1) is 26.7. The molecule has 186 valence electrons. The molecule has 2 aromatic carbocycles. The van der Waals surface area contributed by atoms with Gasteiger partial charge in [-0.15, -0.1) is 0 Å². The molecule has 0 aromatic heterocycles. The molecule has 2 aromatic rings. The highest BCUT2D eigenvalue weighted by molar-refractivity contribution is 6.42. The normalized spacial score (nSPS) is 13.7. The highest BCUT2D eigenvalue weighted by Gasteiger charge is 2.35. The number of imide groups is 1. The number of halogens is 2. The SMILES string of the molecule is CC[C@H](C(=O)NC(C)C)N(Cc1ccc(Cl)c(Cl)c1)C(=O)CCCN1C(=O)c2ccccc2C1=O. The minimum atomic E-state index is -0.682. The predicted molar refractivity (Wildman–Crippen MR) is 135 cm³/mol. The van der Waals surface area contributed by atoms with Crippen LogP contribution < -0.4 is 5.32 Å². The highest BCUT2D eigenvalue weighted by atomic mass is 35.5. The average Bonchev–Trinajstić information content (AvgIpc) is 3.05. The maximum absolute atomic E-state index is 13.3. The van der Waals surface area contributed by atoms with Crippen molar-refractivity contribution in [3.63, 3.8) is 0 Å². The highest BCUT2D eigenvalue weighted by Crippen LogP contribution is 2.25. The van der Waals surface area contributed by atoms with E-state index in [4.69, 9.17) is 23.2 Å². The van der Waals surface area contributed by atoms with Crippen molar-refractivity contribution in [3.05, 3.63) is 69.2 Å². The maximum Gasteiger partial charge on any atom is 0.261 e. The molecule has 3 rings (SSSR count). The van der Waals surface area contributed by atoms with Crippen molar-refractivity contribution in [2.24, 2.45) is 0 Å². The molecule has 0 aliphatic carbocycles. The van der Waals surface area contributed by atoms with Crippen molar-refractivity contribution < 1.29 is 19.2 Å². The van der Waals surface area contributed by atoms with Gasteiger partial charge in [0, 0.05) is 25.6 Å². The van der Waals surface area contributed by atoms with Crippen LogP contribution in [0.3, 0.4) is 0 Å². The Labute approximate surface area is 215 Å². The van der Waals surface area contributed by atoms with Crippen molar-refractivity contribution in [1.29, 1.82) is 0 Å². The smallest absolute Gasteiger partial charge is 0.261 e. The van der Waals surface area contributed by atoms with Crippen LogP contribution >= 0.6 is 23.2 Å².